The first-order chi connectivity index (χ1) is 6.88. The number of nitrogens with zero attached hydrogens (tertiary/aromatic N) is 1. The van der Waals surface area contributed by atoms with Crippen LogP contribution in [-0.2, 0) is 4.79 Å². The van der Waals surface area contributed by atoms with E-state index in [1.165, 1.54) is 0 Å². The first-order valence-electron chi connectivity index (χ1n) is 5.93. The quantitative estimate of drug-likeness (QED) is 0.813. The van der Waals surface area contributed by atoms with Crippen molar-refractivity contribution in [1.29, 1.82) is 0 Å². The van der Waals surface area contributed by atoms with Gasteiger partial charge in [-0.1, -0.05) is 27.7 Å². The maximum absolute atomic E-state index is 12.2. The van der Waals surface area contributed by atoms with E-state index in [-0.39, 0.29) is 29.8 Å². The van der Waals surface area contributed by atoms with E-state index in [4.69, 9.17) is 5.73 Å². The summed E-state index contributed by atoms with van der Waals surface area (Å²) >= 11 is 0. The zero-order valence-electron chi connectivity index (χ0n) is 10.8. The van der Waals surface area contributed by atoms with Crippen molar-refractivity contribution in [1.82, 2.24) is 4.90 Å². The van der Waals surface area contributed by atoms with Crippen molar-refractivity contribution in [2.24, 2.45) is 17.1 Å². The van der Waals surface area contributed by atoms with Gasteiger partial charge in [-0.3, -0.25) is 4.79 Å². The molecule has 1 heterocycles. The summed E-state index contributed by atoms with van der Waals surface area (Å²) in [4.78, 5) is 14.2. The highest BCUT2D eigenvalue weighted by Gasteiger charge is 2.33. The van der Waals surface area contributed by atoms with E-state index in [0.29, 0.717) is 5.92 Å². The summed E-state index contributed by atoms with van der Waals surface area (Å²) in [5.41, 5.74) is 5.72. The molecule has 1 rings (SSSR count). The van der Waals surface area contributed by atoms with Gasteiger partial charge >= 0.3 is 0 Å². The number of hydrogen-bond acceptors (Lipinski definition) is 2. The minimum atomic E-state index is -0.221. The van der Waals surface area contributed by atoms with E-state index in [1.54, 1.807) is 0 Å². The number of halogens is 1. The van der Waals surface area contributed by atoms with Gasteiger partial charge in [0, 0.05) is 24.5 Å². The number of piperidine rings is 1. The zero-order valence-corrected chi connectivity index (χ0v) is 11.6. The lowest BCUT2D eigenvalue weighted by molar-refractivity contribution is -0.142. The standard InChI is InChI=1S/C12H24N2O.ClH/c1-5-12(3,4)11(15)14-7-6-10(13)9(2)8-14;/h9-10H,5-8,13H2,1-4H3;1H. The van der Waals surface area contributed by atoms with Crippen LogP contribution in [0.1, 0.15) is 40.5 Å². The third kappa shape index (κ3) is 3.36. The second kappa shape index (κ2) is 5.87. The van der Waals surface area contributed by atoms with Crippen molar-refractivity contribution in [2.75, 3.05) is 13.1 Å². The van der Waals surface area contributed by atoms with E-state index in [9.17, 15) is 4.79 Å². The second-order valence-electron chi connectivity index (χ2n) is 5.42. The van der Waals surface area contributed by atoms with Crippen LogP contribution in [0.3, 0.4) is 0 Å². The molecule has 1 amide bonds. The Morgan fingerprint density at radius 3 is 2.50 bits per heavy atom. The van der Waals surface area contributed by atoms with Crippen molar-refractivity contribution in [3.8, 4) is 0 Å². The Morgan fingerprint density at radius 2 is 2.06 bits per heavy atom. The molecule has 2 atom stereocenters. The normalized spacial score (nSPS) is 26.2. The van der Waals surface area contributed by atoms with Crippen molar-refractivity contribution < 1.29 is 4.79 Å². The van der Waals surface area contributed by atoms with Crippen LogP contribution in [0.2, 0.25) is 0 Å². The maximum atomic E-state index is 12.2. The lowest BCUT2D eigenvalue weighted by atomic mass is 9.86. The van der Waals surface area contributed by atoms with Crippen LogP contribution in [0.25, 0.3) is 0 Å². The van der Waals surface area contributed by atoms with Crippen LogP contribution >= 0.6 is 12.4 Å². The lowest BCUT2D eigenvalue weighted by Crippen LogP contribution is -2.51. The van der Waals surface area contributed by atoms with Crippen LogP contribution in [-0.4, -0.2) is 29.9 Å². The SMILES string of the molecule is CCC(C)(C)C(=O)N1CCC(N)C(C)C1.Cl. The van der Waals surface area contributed by atoms with Crippen molar-refractivity contribution >= 4 is 18.3 Å². The highest BCUT2D eigenvalue weighted by molar-refractivity contribution is 5.85. The van der Waals surface area contributed by atoms with Crippen LogP contribution in [0.15, 0.2) is 0 Å². The average Bonchev–Trinajstić information content (AvgIpc) is 2.21. The molecule has 1 aliphatic heterocycles. The van der Waals surface area contributed by atoms with Gasteiger partial charge in [0.1, 0.15) is 0 Å². The largest absolute Gasteiger partial charge is 0.342 e. The van der Waals surface area contributed by atoms with Gasteiger partial charge in [0.15, 0.2) is 0 Å². The molecular formula is C12H25ClN2O. The number of carbonyl (C=O) groups excluding carboxylic acids is 1. The molecule has 0 aromatic rings. The number of amides is 1. The van der Waals surface area contributed by atoms with Gasteiger partial charge < -0.3 is 10.6 Å². The summed E-state index contributed by atoms with van der Waals surface area (Å²) < 4.78 is 0. The predicted molar refractivity (Wildman–Crippen MR) is 69.7 cm³/mol. The molecular weight excluding hydrogens is 224 g/mol. The number of hydrogen-bond donors (Lipinski definition) is 1. The third-order valence-electron chi connectivity index (χ3n) is 3.72. The number of likely N-dealkylation sites (tertiary alicyclic amines) is 1. The molecule has 4 heteroatoms. The summed E-state index contributed by atoms with van der Waals surface area (Å²) in [5, 5.41) is 0. The van der Waals surface area contributed by atoms with Gasteiger partial charge in [0.2, 0.25) is 5.91 Å². The van der Waals surface area contributed by atoms with Gasteiger partial charge in [-0.05, 0) is 18.8 Å². The molecule has 0 saturated carbocycles. The highest BCUT2D eigenvalue weighted by Crippen LogP contribution is 2.26. The van der Waals surface area contributed by atoms with E-state index in [0.717, 1.165) is 25.9 Å². The molecule has 0 spiro atoms. The Kier molecular flexibility index (Phi) is 5.77. The smallest absolute Gasteiger partial charge is 0.228 e. The van der Waals surface area contributed by atoms with Gasteiger partial charge in [-0.15, -0.1) is 12.4 Å². The van der Waals surface area contributed by atoms with Crippen LogP contribution in [0.5, 0.6) is 0 Å². The number of carbonyl (C=O) groups is 1. The van der Waals surface area contributed by atoms with Crippen molar-refractivity contribution in [2.45, 2.75) is 46.6 Å². The Balaban J connectivity index is 0.00000225. The summed E-state index contributed by atoms with van der Waals surface area (Å²) in [6.07, 6.45) is 1.83. The van der Waals surface area contributed by atoms with Crippen LogP contribution < -0.4 is 5.73 Å². The third-order valence-corrected chi connectivity index (χ3v) is 3.72. The molecule has 16 heavy (non-hydrogen) atoms. The van der Waals surface area contributed by atoms with E-state index in [2.05, 4.69) is 13.8 Å². The van der Waals surface area contributed by atoms with Gasteiger partial charge in [-0.2, -0.15) is 0 Å². The van der Waals surface area contributed by atoms with Gasteiger partial charge in [0.25, 0.3) is 0 Å². The molecule has 1 saturated heterocycles. The fourth-order valence-electron chi connectivity index (χ4n) is 1.93. The molecule has 0 aliphatic carbocycles. The number of rotatable bonds is 2. The van der Waals surface area contributed by atoms with Gasteiger partial charge in [0.05, 0.1) is 0 Å². The predicted octanol–water partition coefficient (Wildman–Crippen LogP) is 2.04. The minimum Gasteiger partial charge on any atom is -0.342 e. The fourth-order valence-corrected chi connectivity index (χ4v) is 1.93. The minimum absolute atomic E-state index is 0. The van der Waals surface area contributed by atoms with Crippen molar-refractivity contribution in [3.05, 3.63) is 0 Å². The van der Waals surface area contributed by atoms with E-state index in [1.807, 2.05) is 18.7 Å². The molecule has 0 aromatic carbocycles. The lowest BCUT2D eigenvalue weighted by Gasteiger charge is -2.39. The van der Waals surface area contributed by atoms with Gasteiger partial charge in [-0.25, -0.2) is 0 Å². The molecule has 1 aliphatic rings. The molecule has 0 bridgehead atoms. The van der Waals surface area contributed by atoms with Crippen molar-refractivity contribution in [3.63, 3.8) is 0 Å². The molecule has 2 N–H and O–H groups in total. The Morgan fingerprint density at radius 1 is 1.50 bits per heavy atom. The highest BCUT2D eigenvalue weighted by atomic mass is 35.5. The van der Waals surface area contributed by atoms with Crippen LogP contribution in [0.4, 0.5) is 0 Å². The topological polar surface area (TPSA) is 46.3 Å². The average molecular weight is 249 g/mol. The molecule has 96 valence electrons. The first kappa shape index (κ1) is 15.7. The summed E-state index contributed by atoms with van der Waals surface area (Å²) in [5.74, 6) is 0.708. The summed E-state index contributed by atoms with van der Waals surface area (Å²) in [6.45, 7) is 9.89. The molecule has 0 aromatic heterocycles. The maximum Gasteiger partial charge on any atom is 0.228 e. The Labute approximate surface area is 105 Å². The molecule has 2 unspecified atom stereocenters. The number of nitrogens with two attached hydrogens (primary N) is 1. The molecule has 1 fully saturated rings. The Hall–Kier alpha value is -0.280. The van der Waals surface area contributed by atoms with E-state index < -0.39 is 0 Å². The first-order valence-corrected chi connectivity index (χ1v) is 5.93. The molecule has 3 nitrogen and oxygen atoms in total. The summed E-state index contributed by atoms with van der Waals surface area (Å²) in [7, 11) is 0. The molecule has 0 radical (unpaired) electrons. The fraction of sp³-hybridized carbons (Fsp3) is 0.917. The monoisotopic (exact) mass is 248 g/mol. The van der Waals surface area contributed by atoms with E-state index >= 15 is 0 Å². The summed E-state index contributed by atoms with van der Waals surface area (Å²) in [6, 6.07) is 0.263. The second-order valence-corrected chi connectivity index (χ2v) is 5.42. The Bertz CT molecular complexity index is 243. The van der Waals surface area contributed by atoms with Crippen LogP contribution in [0, 0.1) is 11.3 Å². The zero-order chi connectivity index (χ0) is 11.6.